The van der Waals surface area contributed by atoms with Crippen LogP contribution in [0.3, 0.4) is 0 Å². The van der Waals surface area contributed by atoms with Gasteiger partial charge in [-0.15, -0.1) is 0 Å². The molecule has 186 valence electrons. The second-order valence-corrected chi connectivity index (χ2v) is 8.40. The van der Waals surface area contributed by atoms with E-state index >= 15 is 0 Å². The summed E-state index contributed by atoms with van der Waals surface area (Å²) in [5.41, 5.74) is 2.93. The van der Waals surface area contributed by atoms with Gasteiger partial charge in [-0.2, -0.15) is 0 Å². The minimum atomic E-state index is -1.05. The van der Waals surface area contributed by atoms with Gasteiger partial charge in [-0.25, -0.2) is 4.39 Å². The highest BCUT2D eigenvalue weighted by atomic mass is 19.1. The lowest BCUT2D eigenvalue weighted by Crippen LogP contribution is -2.29. The first-order valence-electron chi connectivity index (χ1n) is 11.2. The lowest BCUT2D eigenvalue weighted by Gasteiger charge is -2.26. The van der Waals surface area contributed by atoms with Crippen LogP contribution in [0, 0.1) is 19.7 Å². The van der Waals surface area contributed by atoms with Gasteiger partial charge in [0.05, 0.1) is 32.9 Å². The molecule has 4 rings (SSSR count). The van der Waals surface area contributed by atoms with E-state index in [0.29, 0.717) is 28.4 Å². The Balaban J connectivity index is 2.02. The molecule has 1 aliphatic rings. The van der Waals surface area contributed by atoms with Gasteiger partial charge in [0.2, 0.25) is 5.75 Å². The van der Waals surface area contributed by atoms with Gasteiger partial charge in [-0.1, -0.05) is 12.1 Å². The van der Waals surface area contributed by atoms with Gasteiger partial charge in [0, 0.05) is 11.3 Å². The normalized spacial score (nSPS) is 16.8. The standard InChI is InChI=1S/C28H26FNO6/c1-15-6-7-17(12-16(15)2)25(31)23-24(18-13-21(34-3)27(36-5)22(14-18)35-4)30(28(33)26(23)32)20-10-8-19(29)9-11-20/h6-14,24,31H,1-5H3/b25-23+. The molecule has 3 aromatic carbocycles. The molecule has 1 heterocycles. The van der Waals surface area contributed by atoms with Gasteiger partial charge in [0.15, 0.2) is 11.5 Å². The van der Waals surface area contributed by atoms with Gasteiger partial charge in [-0.3, -0.25) is 14.5 Å². The van der Waals surface area contributed by atoms with Crippen molar-refractivity contribution in [3.8, 4) is 17.2 Å². The van der Waals surface area contributed by atoms with Crippen molar-refractivity contribution < 1.29 is 33.3 Å². The molecule has 3 aromatic rings. The molecule has 7 nitrogen and oxygen atoms in total. The Labute approximate surface area is 208 Å². The Morgan fingerprint density at radius 3 is 2.00 bits per heavy atom. The molecular formula is C28H26FNO6. The molecule has 0 spiro atoms. The van der Waals surface area contributed by atoms with Gasteiger partial charge in [0.1, 0.15) is 11.6 Å². The zero-order valence-corrected chi connectivity index (χ0v) is 20.6. The highest BCUT2D eigenvalue weighted by Gasteiger charge is 2.47. The summed E-state index contributed by atoms with van der Waals surface area (Å²) in [6.07, 6.45) is 0. The number of rotatable bonds is 6. The number of anilines is 1. The summed E-state index contributed by atoms with van der Waals surface area (Å²) in [7, 11) is 4.37. The van der Waals surface area contributed by atoms with Crippen LogP contribution in [0.5, 0.6) is 17.2 Å². The third kappa shape index (κ3) is 4.15. The van der Waals surface area contributed by atoms with Gasteiger partial charge in [-0.05, 0) is 73.0 Å². The lowest BCUT2D eigenvalue weighted by atomic mass is 9.93. The molecule has 1 fully saturated rings. The third-order valence-electron chi connectivity index (χ3n) is 6.33. The van der Waals surface area contributed by atoms with Crippen molar-refractivity contribution in [2.24, 2.45) is 0 Å². The fourth-order valence-electron chi connectivity index (χ4n) is 4.32. The van der Waals surface area contributed by atoms with Crippen LogP contribution in [0.1, 0.15) is 28.3 Å². The molecule has 0 radical (unpaired) electrons. The molecular weight excluding hydrogens is 465 g/mol. The molecule has 1 atom stereocenters. The topological polar surface area (TPSA) is 85.3 Å². The minimum Gasteiger partial charge on any atom is -0.507 e. The number of carbonyl (C=O) groups is 2. The average molecular weight is 492 g/mol. The predicted molar refractivity (Wildman–Crippen MR) is 133 cm³/mol. The van der Waals surface area contributed by atoms with Crippen molar-refractivity contribution in [1.82, 2.24) is 0 Å². The number of aliphatic hydroxyl groups excluding tert-OH is 1. The second kappa shape index (κ2) is 9.73. The number of ketones is 1. The molecule has 0 aromatic heterocycles. The summed E-state index contributed by atoms with van der Waals surface area (Å²) in [6, 6.07) is 12.7. The fourth-order valence-corrected chi connectivity index (χ4v) is 4.32. The lowest BCUT2D eigenvalue weighted by molar-refractivity contribution is -0.132. The number of methoxy groups -OCH3 is 3. The summed E-state index contributed by atoms with van der Waals surface area (Å²) in [6.45, 7) is 3.82. The van der Waals surface area contributed by atoms with Crippen LogP contribution < -0.4 is 19.1 Å². The number of ether oxygens (including phenoxy) is 3. The van der Waals surface area contributed by atoms with Crippen LogP contribution in [-0.2, 0) is 9.59 Å². The van der Waals surface area contributed by atoms with E-state index in [1.165, 1.54) is 50.5 Å². The molecule has 0 aliphatic carbocycles. The van der Waals surface area contributed by atoms with Crippen LogP contribution in [0.15, 0.2) is 60.2 Å². The van der Waals surface area contributed by atoms with Crippen molar-refractivity contribution in [1.29, 1.82) is 0 Å². The smallest absolute Gasteiger partial charge is 0.300 e. The van der Waals surface area contributed by atoms with Crippen molar-refractivity contribution in [3.05, 3.63) is 88.2 Å². The van der Waals surface area contributed by atoms with Crippen LogP contribution in [0.4, 0.5) is 10.1 Å². The number of amides is 1. The molecule has 8 heteroatoms. The number of Topliss-reactive ketones (excluding diaryl/α,β-unsaturated/α-hetero) is 1. The first-order chi connectivity index (χ1) is 17.2. The van der Waals surface area contributed by atoms with Crippen molar-refractivity contribution in [2.45, 2.75) is 19.9 Å². The van der Waals surface area contributed by atoms with Crippen molar-refractivity contribution >= 4 is 23.1 Å². The molecule has 1 N–H and O–H groups in total. The molecule has 1 aliphatic heterocycles. The number of halogens is 1. The SMILES string of the molecule is COc1cc(C2/C(=C(\O)c3ccc(C)c(C)c3)C(=O)C(=O)N2c2ccc(F)cc2)cc(OC)c1OC. The summed E-state index contributed by atoms with van der Waals surface area (Å²) in [4.78, 5) is 27.9. The molecule has 1 amide bonds. The fraction of sp³-hybridized carbons (Fsp3) is 0.214. The Hall–Kier alpha value is -4.33. The maximum Gasteiger partial charge on any atom is 0.300 e. The number of benzene rings is 3. The number of hydrogen-bond acceptors (Lipinski definition) is 6. The first kappa shape index (κ1) is 24.8. The second-order valence-electron chi connectivity index (χ2n) is 8.40. The van der Waals surface area contributed by atoms with Gasteiger partial charge >= 0.3 is 0 Å². The number of nitrogens with zero attached hydrogens (tertiary/aromatic N) is 1. The maximum atomic E-state index is 13.7. The van der Waals surface area contributed by atoms with Crippen LogP contribution >= 0.6 is 0 Å². The summed E-state index contributed by atoms with van der Waals surface area (Å²) in [5.74, 6) is -1.59. The zero-order valence-electron chi connectivity index (χ0n) is 20.6. The molecule has 0 saturated carbocycles. The summed E-state index contributed by atoms with van der Waals surface area (Å²) < 4.78 is 30.0. The Bertz CT molecular complexity index is 1350. The quantitative estimate of drug-likeness (QED) is 0.294. The van der Waals surface area contributed by atoms with Crippen LogP contribution in [-0.4, -0.2) is 38.1 Å². The van der Waals surface area contributed by atoms with E-state index < -0.39 is 23.5 Å². The molecule has 36 heavy (non-hydrogen) atoms. The van der Waals surface area contributed by atoms with E-state index in [0.717, 1.165) is 11.1 Å². The highest BCUT2D eigenvalue weighted by molar-refractivity contribution is 6.51. The van der Waals surface area contributed by atoms with Crippen LogP contribution in [0.25, 0.3) is 5.76 Å². The largest absolute Gasteiger partial charge is 0.507 e. The van der Waals surface area contributed by atoms with Gasteiger partial charge in [0.25, 0.3) is 11.7 Å². The number of carbonyl (C=O) groups excluding carboxylic acids is 2. The third-order valence-corrected chi connectivity index (χ3v) is 6.33. The Morgan fingerprint density at radius 2 is 1.47 bits per heavy atom. The summed E-state index contributed by atoms with van der Waals surface area (Å²) in [5, 5.41) is 11.4. The Kier molecular flexibility index (Phi) is 6.70. The zero-order chi connectivity index (χ0) is 26.1. The van der Waals surface area contributed by atoms with E-state index in [4.69, 9.17) is 14.2 Å². The number of hydrogen-bond donors (Lipinski definition) is 1. The van der Waals surface area contributed by atoms with E-state index in [1.807, 2.05) is 19.9 Å². The maximum absolute atomic E-state index is 13.7. The van der Waals surface area contributed by atoms with Crippen molar-refractivity contribution in [2.75, 3.05) is 26.2 Å². The number of aliphatic hydroxyl groups is 1. The molecule has 0 bridgehead atoms. The van der Waals surface area contributed by atoms with Crippen LogP contribution in [0.2, 0.25) is 0 Å². The first-order valence-corrected chi connectivity index (χ1v) is 11.2. The average Bonchev–Trinajstić information content (AvgIpc) is 3.15. The molecule has 1 unspecified atom stereocenters. The molecule has 1 saturated heterocycles. The van der Waals surface area contributed by atoms with Gasteiger partial charge < -0.3 is 19.3 Å². The van der Waals surface area contributed by atoms with Crippen molar-refractivity contribution in [3.63, 3.8) is 0 Å². The Morgan fingerprint density at radius 1 is 0.861 bits per heavy atom. The van der Waals surface area contributed by atoms with E-state index in [-0.39, 0.29) is 17.0 Å². The minimum absolute atomic E-state index is 0.109. The van der Waals surface area contributed by atoms with E-state index in [1.54, 1.807) is 24.3 Å². The predicted octanol–water partition coefficient (Wildman–Crippen LogP) is 5.09. The van der Waals surface area contributed by atoms with E-state index in [9.17, 15) is 19.1 Å². The summed E-state index contributed by atoms with van der Waals surface area (Å²) >= 11 is 0. The monoisotopic (exact) mass is 491 g/mol. The highest BCUT2D eigenvalue weighted by Crippen LogP contribution is 2.47. The van der Waals surface area contributed by atoms with E-state index in [2.05, 4.69) is 0 Å². The number of aryl methyl sites for hydroxylation is 2.